The van der Waals surface area contributed by atoms with Gasteiger partial charge in [-0.25, -0.2) is 18.2 Å². The van der Waals surface area contributed by atoms with Gasteiger partial charge in [0, 0.05) is 6.07 Å². The molecule has 0 amide bonds. The van der Waals surface area contributed by atoms with Crippen molar-refractivity contribution in [1.82, 2.24) is 4.98 Å². The van der Waals surface area contributed by atoms with E-state index in [1.165, 1.54) is 35.6 Å². The second-order valence-corrected chi connectivity index (χ2v) is 4.89. The highest BCUT2D eigenvalue weighted by Gasteiger charge is 2.10. The molecule has 1 N–H and O–H groups in total. The highest BCUT2D eigenvalue weighted by Crippen LogP contribution is 2.29. The van der Waals surface area contributed by atoms with E-state index in [0.717, 1.165) is 10.8 Å². The first-order valence-electron chi connectivity index (χ1n) is 5.40. The van der Waals surface area contributed by atoms with Crippen molar-refractivity contribution < 1.29 is 13.2 Å². The van der Waals surface area contributed by atoms with Crippen molar-refractivity contribution >= 4 is 32.4 Å². The number of thiazole rings is 1. The van der Waals surface area contributed by atoms with Crippen LogP contribution in [0.3, 0.4) is 0 Å². The van der Waals surface area contributed by atoms with Crippen molar-refractivity contribution in [2.45, 2.75) is 0 Å². The number of benzene rings is 2. The molecule has 3 rings (SSSR count). The molecule has 96 valence electrons. The van der Waals surface area contributed by atoms with Gasteiger partial charge < -0.3 is 5.32 Å². The molecule has 0 saturated heterocycles. The van der Waals surface area contributed by atoms with E-state index in [4.69, 9.17) is 0 Å². The van der Waals surface area contributed by atoms with E-state index in [1.807, 2.05) is 0 Å². The third kappa shape index (κ3) is 2.26. The van der Waals surface area contributed by atoms with Crippen molar-refractivity contribution in [1.29, 1.82) is 0 Å². The molecular formula is C13H7F3N2S. The van der Waals surface area contributed by atoms with Gasteiger partial charge in [0.15, 0.2) is 16.8 Å². The van der Waals surface area contributed by atoms with E-state index >= 15 is 0 Å². The Hall–Kier alpha value is -2.08. The van der Waals surface area contributed by atoms with Crippen LogP contribution in [0.2, 0.25) is 0 Å². The van der Waals surface area contributed by atoms with E-state index in [0.29, 0.717) is 10.6 Å². The zero-order valence-electron chi connectivity index (χ0n) is 9.45. The summed E-state index contributed by atoms with van der Waals surface area (Å²) in [5.41, 5.74) is 0.476. The number of nitrogens with one attached hydrogen (secondary N) is 1. The molecule has 3 aromatic rings. The van der Waals surface area contributed by atoms with Gasteiger partial charge in [0.1, 0.15) is 5.82 Å². The number of rotatable bonds is 2. The molecule has 0 radical (unpaired) electrons. The summed E-state index contributed by atoms with van der Waals surface area (Å²) in [6.45, 7) is 0. The van der Waals surface area contributed by atoms with E-state index in [9.17, 15) is 13.2 Å². The molecule has 1 aromatic heterocycles. The lowest BCUT2D eigenvalue weighted by Gasteiger charge is -2.03. The first kappa shape index (κ1) is 12.0. The monoisotopic (exact) mass is 280 g/mol. The molecule has 2 aromatic carbocycles. The number of anilines is 2. The second kappa shape index (κ2) is 4.55. The molecule has 0 saturated carbocycles. The van der Waals surface area contributed by atoms with Crippen molar-refractivity contribution in [2.75, 3.05) is 5.32 Å². The summed E-state index contributed by atoms with van der Waals surface area (Å²) in [4.78, 5) is 4.12. The number of hydrogen-bond acceptors (Lipinski definition) is 3. The summed E-state index contributed by atoms with van der Waals surface area (Å²) in [6, 6.07) is 8.05. The average Bonchev–Trinajstić information content (AvgIpc) is 2.76. The first-order chi connectivity index (χ1) is 9.13. The van der Waals surface area contributed by atoms with Crippen LogP contribution < -0.4 is 5.32 Å². The lowest BCUT2D eigenvalue weighted by atomic mass is 10.3. The molecule has 0 aliphatic heterocycles. The summed E-state index contributed by atoms with van der Waals surface area (Å²) >= 11 is 1.24. The molecule has 0 spiro atoms. The van der Waals surface area contributed by atoms with Crippen LogP contribution >= 0.6 is 11.3 Å². The third-order valence-electron chi connectivity index (χ3n) is 2.54. The Bertz CT molecular complexity index is 755. The van der Waals surface area contributed by atoms with E-state index in [-0.39, 0.29) is 11.5 Å². The van der Waals surface area contributed by atoms with Crippen LogP contribution in [0.1, 0.15) is 0 Å². The molecule has 0 atom stereocenters. The molecule has 0 aliphatic carbocycles. The fourth-order valence-electron chi connectivity index (χ4n) is 1.67. The molecule has 0 bridgehead atoms. The average molecular weight is 280 g/mol. The fourth-order valence-corrected chi connectivity index (χ4v) is 2.53. The normalized spacial score (nSPS) is 10.9. The first-order valence-corrected chi connectivity index (χ1v) is 6.22. The predicted molar refractivity (Wildman–Crippen MR) is 69.2 cm³/mol. The minimum atomic E-state index is -0.965. The van der Waals surface area contributed by atoms with Gasteiger partial charge in [-0.1, -0.05) is 17.4 Å². The number of hydrogen-bond donors (Lipinski definition) is 1. The largest absolute Gasteiger partial charge is 0.329 e. The zero-order valence-corrected chi connectivity index (χ0v) is 10.3. The van der Waals surface area contributed by atoms with Crippen LogP contribution in [0.25, 0.3) is 10.2 Å². The van der Waals surface area contributed by atoms with E-state index in [1.54, 1.807) is 6.07 Å². The smallest absolute Gasteiger partial charge is 0.188 e. The van der Waals surface area contributed by atoms with Crippen LogP contribution in [-0.4, -0.2) is 4.98 Å². The van der Waals surface area contributed by atoms with Gasteiger partial charge in [-0.3, -0.25) is 0 Å². The number of halogens is 3. The lowest BCUT2D eigenvalue weighted by molar-refractivity contribution is 0.512. The molecular weight excluding hydrogens is 273 g/mol. The summed E-state index contributed by atoms with van der Waals surface area (Å²) < 4.78 is 40.3. The van der Waals surface area contributed by atoms with Crippen LogP contribution in [0, 0.1) is 17.5 Å². The van der Waals surface area contributed by atoms with Gasteiger partial charge in [0.05, 0.1) is 15.9 Å². The minimum Gasteiger partial charge on any atom is -0.329 e. The van der Waals surface area contributed by atoms with Crippen molar-refractivity contribution in [3.63, 3.8) is 0 Å². The van der Waals surface area contributed by atoms with Crippen LogP contribution in [0.5, 0.6) is 0 Å². The summed E-state index contributed by atoms with van der Waals surface area (Å²) in [7, 11) is 0. The maximum atomic E-state index is 13.5. The van der Waals surface area contributed by atoms with E-state index in [2.05, 4.69) is 10.3 Å². The van der Waals surface area contributed by atoms with Gasteiger partial charge in [0.25, 0.3) is 0 Å². The van der Waals surface area contributed by atoms with E-state index < -0.39 is 11.6 Å². The minimum absolute atomic E-state index is 0.000437. The maximum absolute atomic E-state index is 13.5. The van der Waals surface area contributed by atoms with Crippen LogP contribution in [0.15, 0.2) is 36.4 Å². The molecule has 19 heavy (non-hydrogen) atoms. The Labute approximate surface area is 110 Å². The Morgan fingerprint density at radius 3 is 2.74 bits per heavy atom. The molecule has 0 fully saturated rings. The van der Waals surface area contributed by atoms with Crippen molar-refractivity contribution in [3.8, 4) is 0 Å². The second-order valence-electron chi connectivity index (χ2n) is 3.86. The number of aromatic nitrogens is 1. The van der Waals surface area contributed by atoms with Gasteiger partial charge in [-0.05, 0) is 24.3 Å². The van der Waals surface area contributed by atoms with Crippen LogP contribution in [0.4, 0.5) is 24.0 Å². The quantitative estimate of drug-likeness (QED) is 0.749. The Morgan fingerprint density at radius 2 is 1.89 bits per heavy atom. The summed E-state index contributed by atoms with van der Waals surface area (Å²) in [6.07, 6.45) is 0. The number of fused-ring (bicyclic) bond motifs is 1. The predicted octanol–water partition coefficient (Wildman–Crippen LogP) is 4.46. The van der Waals surface area contributed by atoms with Crippen molar-refractivity contribution in [3.05, 3.63) is 53.8 Å². The summed E-state index contributed by atoms with van der Waals surface area (Å²) in [5.74, 6) is -2.29. The SMILES string of the molecule is Fc1ccc2sc(Nc3cccc(F)c3F)nc2c1. The standard InChI is InChI=1S/C13H7F3N2S/c14-7-4-5-11-10(6-7)18-13(19-11)17-9-3-1-2-8(15)12(9)16/h1-6H,(H,17,18). The lowest BCUT2D eigenvalue weighted by Crippen LogP contribution is -1.95. The van der Waals surface area contributed by atoms with Gasteiger partial charge in [0.2, 0.25) is 0 Å². The Morgan fingerprint density at radius 1 is 1.05 bits per heavy atom. The third-order valence-corrected chi connectivity index (χ3v) is 3.49. The van der Waals surface area contributed by atoms with Crippen LogP contribution in [-0.2, 0) is 0 Å². The topological polar surface area (TPSA) is 24.9 Å². The highest BCUT2D eigenvalue weighted by atomic mass is 32.1. The zero-order chi connectivity index (χ0) is 13.4. The molecule has 0 unspecified atom stereocenters. The Balaban J connectivity index is 1.99. The van der Waals surface area contributed by atoms with Gasteiger partial charge in [-0.15, -0.1) is 0 Å². The summed E-state index contributed by atoms with van der Waals surface area (Å²) in [5, 5.41) is 3.07. The number of nitrogens with zero attached hydrogens (tertiary/aromatic N) is 1. The molecule has 0 aliphatic rings. The highest BCUT2D eigenvalue weighted by molar-refractivity contribution is 7.22. The van der Waals surface area contributed by atoms with Gasteiger partial charge >= 0.3 is 0 Å². The van der Waals surface area contributed by atoms with Gasteiger partial charge in [-0.2, -0.15) is 0 Å². The maximum Gasteiger partial charge on any atom is 0.188 e. The van der Waals surface area contributed by atoms with Crippen molar-refractivity contribution in [2.24, 2.45) is 0 Å². The molecule has 1 heterocycles. The molecule has 6 heteroatoms. The molecule has 2 nitrogen and oxygen atoms in total. The fraction of sp³-hybridized carbons (Fsp3) is 0. The Kier molecular flexibility index (Phi) is 2.87.